The van der Waals surface area contributed by atoms with Crippen molar-refractivity contribution in [2.45, 2.75) is 31.7 Å². The fourth-order valence-corrected chi connectivity index (χ4v) is 2.92. The topological polar surface area (TPSA) is 81.8 Å². The minimum Gasteiger partial charge on any atom is -0.333 e. The molecule has 0 saturated carbocycles. The van der Waals surface area contributed by atoms with Crippen LogP contribution in [0.4, 0.5) is 0 Å². The van der Waals surface area contributed by atoms with Gasteiger partial charge in [-0.3, -0.25) is 24.6 Å². The molecule has 7 heteroatoms. The quantitative estimate of drug-likeness (QED) is 0.675. The van der Waals surface area contributed by atoms with E-state index in [1.807, 2.05) is 11.9 Å². The number of hydrogen-bond acceptors (Lipinski definition) is 5. The van der Waals surface area contributed by atoms with Crippen molar-refractivity contribution in [3.8, 4) is 0 Å². The van der Waals surface area contributed by atoms with Crippen molar-refractivity contribution < 1.29 is 14.4 Å². The van der Waals surface area contributed by atoms with Crippen molar-refractivity contribution in [2.24, 2.45) is 0 Å². The van der Waals surface area contributed by atoms with Crippen LogP contribution < -0.4 is 10.6 Å². The minimum absolute atomic E-state index is 0.00880. The summed E-state index contributed by atoms with van der Waals surface area (Å²) >= 11 is 0. The first kappa shape index (κ1) is 15.9. The Labute approximate surface area is 125 Å². The summed E-state index contributed by atoms with van der Waals surface area (Å²) in [6, 6.07) is 0.407. The van der Waals surface area contributed by atoms with Gasteiger partial charge in [-0.1, -0.05) is 0 Å². The molecule has 0 aromatic rings. The monoisotopic (exact) mass is 296 g/mol. The van der Waals surface area contributed by atoms with E-state index >= 15 is 0 Å². The van der Waals surface area contributed by atoms with Crippen LogP contribution >= 0.6 is 0 Å². The number of carbonyl (C=O) groups excluding carboxylic acids is 3. The van der Waals surface area contributed by atoms with Crippen LogP contribution in [0.2, 0.25) is 0 Å². The molecule has 1 atom stereocenters. The normalized spacial score (nSPS) is 23.4. The maximum absolute atomic E-state index is 11.9. The molecule has 2 rings (SSSR count). The van der Waals surface area contributed by atoms with Gasteiger partial charge in [0, 0.05) is 25.6 Å². The molecule has 3 amide bonds. The van der Waals surface area contributed by atoms with E-state index in [1.54, 1.807) is 0 Å². The first-order valence-corrected chi connectivity index (χ1v) is 7.58. The highest BCUT2D eigenvalue weighted by Gasteiger charge is 2.24. The highest BCUT2D eigenvalue weighted by atomic mass is 16.2. The lowest BCUT2D eigenvalue weighted by Crippen LogP contribution is -2.49. The summed E-state index contributed by atoms with van der Waals surface area (Å²) in [4.78, 5) is 38.6. The molecule has 0 aromatic heterocycles. The number of hydrogen-bond donors (Lipinski definition) is 2. The predicted octanol–water partition coefficient (Wildman–Crippen LogP) is -1.06. The summed E-state index contributed by atoms with van der Waals surface area (Å²) < 4.78 is 0. The van der Waals surface area contributed by atoms with Gasteiger partial charge in [-0.05, 0) is 32.9 Å². The molecule has 2 aliphatic rings. The molecule has 0 spiro atoms. The van der Waals surface area contributed by atoms with Crippen LogP contribution in [0.25, 0.3) is 0 Å². The molecule has 21 heavy (non-hydrogen) atoms. The molecule has 7 nitrogen and oxygen atoms in total. The Bertz CT molecular complexity index is 413. The molecule has 1 unspecified atom stereocenters. The average molecular weight is 296 g/mol. The second-order valence-electron chi connectivity index (χ2n) is 5.75. The van der Waals surface area contributed by atoms with E-state index in [9.17, 15) is 14.4 Å². The van der Waals surface area contributed by atoms with Crippen LogP contribution in [0.15, 0.2) is 0 Å². The Morgan fingerprint density at radius 1 is 1.19 bits per heavy atom. The van der Waals surface area contributed by atoms with Gasteiger partial charge in [-0.2, -0.15) is 0 Å². The van der Waals surface area contributed by atoms with E-state index in [1.165, 1.54) is 4.90 Å². The summed E-state index contributed by atoms with van der Waals surface area (Å²) in [7, 11) is 1.92. The fraction of sp³-hybridized carbons (Fsp3) is 0.786. The Morgan fingerprint density at radius 2 is 1.95 bits per heavy atom. The van der Waals surface area contributed by atoms with Gasteiger partial charge in [0.15, 0.2) is 0 Å². The largest absolute Gasteiger partial charge is 0.333 e. The lowest BCUT2D eigenvalue weighted by Gasteiger charge is -2.31. The highest BCUT2D eigenvalue weighted by molar-refractivity contribution is 5.98. The second-order valence-corrected chi connectivity index (χ2v) is 5.75. The predicted molar refractivity (Wildman–Crippen MR) is 77.5 cm³/mol. The van der Waals surface area contributed by atoms with Crippen LogP contribution in [-0.2, 0) is 14.4 Å². The first-order chi connectivity index (χ1) is 10.1. The Kier molecular flexibility index (Phi) is 5.69. The van der Waals surface area contributed by atoms with E-state index in [2.05, 4.69) is 10.6 Å². The Morgan fingerprint density at radius 3 is 2.62 bits per heavy atom. The average Bonchev–Trinajstić information content (AvgIpc) is 2.84. The fourth-order valence-electron chi connectivity index (χ4n) is 2.92. The summed E-state index contributed by atoms with van der Waals surface area (Å²) in [6.45, 7) is 2.53. The molecule has 2 heterocycles. The van der Waals surface area contributed by atoms with Crippen LogP contribution in [0.1, 0.15) is 25.7 Å². The van der Waals surface area contributed by atoms with Crippen molar-refractivity contribution in [3.63, 3.8) is 0 Å². The lowest BCUT2D eigenvalue weighted by atomic mass is 10.1. The number of amides is 3. The van der Waals surface area contributed by atoms with Gasteiger partial charge in [-0.25, -0.2) is 0 Å². The summed E-state index contributed by atoms with van der Waals surface area (Å²) in [5.41, 5.74) is 0. The zero-order valence-electron chi connectivity index (χ0n) is 12.6. The Hall–Kier alpha value is -1.47. The summed E-state index contributed by atoms with van der Waals surface area (Å²) in [6.07, 6.45) is 3.46. The third-order valence-corrected chi connectivity index (χ3v) is 4.07. The van der Waals surface area contributed by atoms with E-state index in [4.69, 9.17) is 0 Å². The van der Waals surface area contributed by atoms with Crippen molar-refractivity contribution in [3.05, 3.63) is 0 Å². The van der Waals surface area contributed by atoms with Crippen LogP contribution in [0.5, 0.6) is 0 Å². The van der Waals surface area contributed by atoms with E-state index < -0.39 is 5.91 Å². The Balaban J connectivity index is 1.71. The maximum Gasteiger partial charge on any atom is 0.246 e. The summed E-state index contributed by atoms with van der Waals surface area (Å²) in [5, 5.41) is 5.59. The molecular weight excluding hydrogens is 272 g/mol. The molecule has 2 fully saturated rings. The number of piperidine rings is 1. The molecule has 2 saturated heterocycles. The van der Waals surface area contributed by atoms with Crippen molar-refractivity contribution in [2.75, 3.05) is 39.8 Å². The van der Waals surface area contributed by atoms with Crippen molar-refractivity contribution in [1.82, 2.24) is 20.4 Å². The SMILES string of the molecule is CNC1CCCN(CC(=O)NC(=O)CN2CCCC2=O)C1. The molecule has 0 radical (unpaired) electrons. The number of imide groups is 1. The van der Waals surface area contributed by atoms with E-state index in [-0.39, 0.29) is 24.9 Å². The molecule has 118 valence electrons. The number of carbonyl (C=O) groups is 3. The van der Waals surface area contributed by atoms with Gasteiger partial charge < -0.3 is 10.2 Å². The third kappa shape index (κ3) is 4.78. The van der Waals surface area contributed by atoms with Gasteiger partial charge >= 0.3 is 0 Å². The third-order valence-electron chi connectivity index (χ3n) is 4.07. The van der Waals surface area contributed by atoms with Crippen LogP contribution in [0, 0.1) is 0 Å². The molecule has 0 aromatic carbocycles. The van der Waals surface area contributed by atoms with Crippen molar-refractivity contribution in [1.29, 1.82) is 0 Å². The number of likely N-dealkylation sites (N-methyl/N-ethyl adjacent to an activating group) is 1. The van der Waals surface area contributed by atoms with Crippen molar-refractivity contribution >= 4 is 17.7 Å². The van der Waals surface area contributed by atoms with Gasteiger partial charge in [0.1, 0.15) is 0 Å². The zero-order chi connectivity index (χ0) is 15.2. The van der Waals surface area contributed by atoms with Gasteiger partial charge in [0.25, 0.3) is 0 Å². The summed E-state index contributed by atoms with van der Waals surface area (Å²) in [5.74, 6) is -0.689. The number of nitrogens with one attached hydrogen (secondary N) is 2. The van der Waals surface area contributed by atoms with E-state index in [0.717, 1.165) is 32.4 Å². The molecule has 0 aliphatic carbocycles. The van der Waals surface area contributed by atoms with Gasteiger partial charge in [0.05, 0.1) is 13.1 Å². The molecule has 2 N–H and O–H groups in total. The zero-order valence-corrected chi connectivity index (χ0v) is 12.6. The standard InChI is InChI=1S/C14H24N4O3/c1-15-11-4-2-6-17(8-11)9-12(19)16-13(20)10-18-7-3-5-14(18)21/h11,15H,2-10H2,1H3,(H,16,19,20). The highest BCUT2D eigenvalue weighted by Crippen LogP contribution is 2.09. The van der Waals surface area contributed by atoms with Crippen LogP contribution in [-0.4, -0.2) is 73.3 Å². The molecule has 0 bridgehead atoms. The minimum atomic E-state index is -0.391. The van der Waals surface area contributed by atoms with Gasteiger partial charge in [0.2, 0.25) is 17.7 Å². The first-order valence-electron chi connectivity index (χ1n) is 7.58. The second kappa shape index (κ2) is 7.51. The van der Waals surface area contributed by atoms with E-state index in [0.29, 0.717) is 19.0 Å². The number of nitrogens with zero attached hydrogens (tertiary/aromatic N) is 2. The smallest absolute Gasteiger partial charge is 0.246 e. The number of rotatable bonds is 5. The number of likely N-dealkylation sites (tertiary alicyclic amines) is 2. The lowest BCUT2D eigenvalue weighted by molar-refractivity contribution is -0.136. The van der Waals surface area contributed by atoms with Crippen LogP contribution in [0.3, 0.4) is 0 Å². The molecule has 2 aliphatic heterocycles. The molecular formula is C14H24N4O3. The van der Waals surface area contributed by atoms with Gasteiger partial charge in [-0.15, -0.1) is 0 Å². The maximum atomic E-state index is 11.9.